The van der Waals surface area contributed by atoms with E-state index in [2.05, 4.69) is 5.32 Å². The Labute approximate surface area is 130 Å². The summed E-state index contributed by atoms with van der Waals surface area (Å²) in [5.41, 5.74) is 2.63. The number of aryl methyl sites for hydroxylation is 1. The number of hydrogen-bond acceptors (Lipinski definition) is 3. The second-order valence-corrected chi connectivity index (χ2v) is 5.10. The van der Waals surface area contributed by atoms with Crippen LogP contribution in [0.25, 0.3) is 0 Å². The van der Waals surface area contributed by atoms with Crippen LogP contribution >= 0.6 is 0 Å². The lowest BCUT2D eigenvalue weighted by Gasteiger charge is -2.16. The fourth-order valence-corrected chi connectivity index (χ4v) is 2.13. The van der Waals surface area contributed by atoms with Gasteiger partial charge in [0.05, 0.1) is 7.11 Å². The van der Waals surface area contributed by atoms with E-state index in [0.29, 0.717) is 12.0 Å². The van der Waals surface area contributed by atoms with Gasteiger partial charge in [0.15, 0.2) is 0 Å². The van der Waals surface area contributed by atoms with Gasteiger partial charge in [0.25, 0.3) is 5.91 Å². The van der Waals surface area contributed by atoms with Gasteiger partial charge in [0.2, 0.25) is 0 Å². The standard InChI is InChI=1S/C18H19NO3/c1-13-8-10-14(11-9-13)12-16(18(21)22-2)19-17(20)15-6-4-3-5-7-15/h3-11,16H,12H2,1-2H3,(H,19,20)/t16-/m0/s1. The van der Waals surface area contributed by atoms with Crippen LogP contribution in [0.3, 0.4) is 0 Å². The van der Waals surface area contributed by atoms with Gasteiger partial charge >= 0.3 is 5.97 Å². The molecule has 0 unspecified atom stereocenters. The molecule has 4 nitrogen and oxygen atoms in total. The molecule has 1 atom stereocenters. The zero-order valence-corrected chi connectivity index (χ0v) is 12.7. The molecule has 0 fully saturated rings. The van der Waals surface area contributed by atoms with Crippen molar-refractivity contribution in [2.24, 2.45) is 0 Å². The molecule has 1 N–H and O–H groups in total. The minimum absolute atomic E-state index is 0.289. The van der Waals surface area contributed by atoms with E-state index in [1.807, 2.05) is 37.3 Å². The molecule has 0 bridgehead atoms. The molecule has 0 saturated carbocycles. The molecule has 1 amide bonds. The van der Waals surface area contributed by atoms with Crippen LogP contribution in [0.4, 0.5) is 0 Å². The maximum atomic E-state index is 12.2. The topological polar surface area (TPSA) is 55.4 Å². The predicted octanol–water partition coefficient (Wildman–Crippen LogP) is 2.51. The Morgan fingerprint density at radius 1 is 1.05 bits per heavy atom. The predicted molar refractivity (Wildman–Crippen MR) is 84.6 cm³/mol. The summed E-state index contributed by atoms with van der Waals surface area (Å²) in [6, 6.07) is 15.9. The van der Waals surface area contributed by atoms with E-state index < -0.39 is 12.0 Å². The summed E-state index contributed by atoms with van der Waals surface area (Å²) in [6.45, 7) is 2.00. The molecule has 0 spiro atoms. The van der Waals surface area contributed by atoms with Gasteiger partial charge in [-0.3, -0.25) is 4.79 Å². The summed E-state index contributed by atoms with van der Waals surface area (Å²) in [6.07, 6.45) is 0.394. The van der Waals surface area contributed by atoms with Crippen molar-refractivity contribution in [2.45, 2.75) is 19.4 Å². The third kappa shape index (κ3) is 4.19. The number of methoxy groups -OCH3 is 1. The average Bonchev–Trinajstić information content (AvgIpc) is 2.56. The Morgan fingerprint density at radius 2 is 1.68 bits per heavy atom. The minimum Gasteiger partial charge on any atom is -0.467 e. The van der Waals surface area contributed by atoms with Gasteiger partial charge in [-0.15, -0.1) is 0 Å². The summed E-state index contributed by atoms with van der Waals surface area (Å²) in [5.74, 6) is -0.743. The first-order valence-corrected chi connectivity index (χ1v) is 7.09. The lowest BCUT2D eigenvalue weighted by Crippen LogP contribution is -2.43. The van der Waals surface area contributed by atoms with Gasteiger partial charge in [0, 0.05) is 12.0 Å². The highest BCUT2D eigenvalue weighted by Crippen LogP contribution is 2.08. The highest BCUT2D eigenvalue weighted by atomic mass is 16.5. The third-order valence-corrected chi connectivity index (χ3v) is 3.39. The number of rotatable bonds is 5. The van der Waals surface area contributed by atoms with Gasteiger partial charge in [-0.25, -0.2) is 4.79 Å². The monoisotopic (exact) mass is 297 g/mol. The summed E-state index contributed by atoms with van der Waals surface area (Å²) < 4.78 is 4.79. The Morgan fingerprint density at radius 3 is 2.27 bits per heavy atom. The van der Waals surface area contributed by atoms with Crippen molar-refractivity contribution in [3.63, 3.8) is 0 Å². The Hall–Kier alpha value is -2.62. The Kier molecular flexibility index (Phi) is 5.31. The van der Waals surface area contributed by atoms with E-state index in [1.165, 1.54) is 7.11 Å². The molecule has 0 heterocycles. The van der Waals surface area contributed by atoms with E-state index >= 15 is 0 Å². The molecule has 4 heteroatoms. The van der Waals surface area contributed by atoms with Gasteiger partial charge in [0.1, 0.15) is 6.04 Å². The third-order valence-electron chi connectivity index (χ3n) is 3.39. The fraction of sp³-hybridized carbons (Fsp3) is 0.222. The van der Waals surface area contributed by atoms with E-state index in [4.69, 9.17) is 4.74 Å². The van der Waals surface area contributed by atoms with Gasteiger partial charge < -0.3 is 10.1 Å². The molecule has 2 aromatic carbocycles. The zero-order chi connectivity index (χ0) is 15.9. The van der Waals surface area contributed by atoms with Crippen molar-refractivity contribution in [2.75, 3.05) is 7.11 Å². The van der Waals surface area contributed by atoms with Crippen LogP contribution in [0.1, 0.15) is 21.5 Å². The first-order chi connectivity index (χ1) is 10.6. The van der Waals surface area contributed by atoms with Crippen molar-refractivity contribution in [1.82, 2.24) is 5.32 Å². The lowest BCUT2D eigenvalue weighted by atomic mass is 10.0. The largest absolute Gasteiger partial charge is 0.467 e. The maximum Gasteiger partial charge on any atom is 0.328 e. The van der Waals surface area contributed by atoms with E-state index in [1.54, 1.807) is 24.3 Å². The van der Waals surface area contributed by atoms with Crippen molar-refractivity contribution < 1.29 is 14.3 Å². The summed E-state index contributed by atoms with van der Waals surface area (Å²) in [7, 11) is 1.32. The van der Waals surface area contributed by atoms with Gasteiger partial charge in [-0.05, 0) is 24.6 Å². The molecule has 0 aromatic heterocycles. The maximum absolute atomic E-state index is 12.2. The molecule has 0 radical (unpaired) electrons. The molecule has 22 heavy (non-hydrogen) atoms. The van der Waals surface area contributed by atoms with Crippen LogP contribution in [0.2, 0.25) is 0 Å². The molecule has 0 aliphatic heterocycles. The summed E-state index contributed by atoms with van der Waals surface area (Å²) >= 11 is 0. The van der Waals surface area contributed by atoms with Crippen LogP contribution in [-0.2, 0) is 16.0 Å². The fourth-order valence-electron chi connectivity index (χ4n) is 2.13. The van der Waals surface area contributed by atoms with Crippen molar-refractivity contribution >= 4 is 11.9 Å². The number of carbonyl (C=O) groups is 2. The molecule has 114 valence electrons. The summed E-state index contributed by atoms with van der Waals surface area (Å²) in [4.78, 5) is 24.1. The van der Waals surface area contributed by atoms with Crippen LogP contribution < -0.4 is 5.32 Å². The number of benzene rings is 2. The number of hydrogen-bond donors (Lipinski definition) is 1. The van der Waals surface area contributed by atoms with Crippen LogP contribution in [0.15, 0.2) is 54.6 Å². The molecule has 2 rings (SSSR count). The quantitative estimate of drug-likeness (QED) is 0.863. The Bertz CT molecular complexity index is 635. The highest BCUT2D eigenvalue weighted by molar-refractivity contribution is 5.96. The Balaban J connectivity index is 2.11. The van der Waals surface area contributed by atoms with Crippen molar-refractivity contribution in [3.8, 4) is 0 Å². The zero-order valence-electron chi connectivity index (χ0n) is 12.7. The van der Waals surface area contributed by atoms with Crippen LogP contribution in [0.5, 0.6) is 0 Å². The number of esters is 1. The first kappa shape index (κ1) is 15.8. The van der Waals surface area contributed by atoms with E-state index in [0.717, 1.165) is 11.1 Å². The van der Waals surface area contributed by atoms with Gasteiger partial charge in [-0.2, -0.15) is 0 Å². The second kappa shape index (κ2) is 7.41. The molecular formula is C18H19NO3. The number of carbonyl (C=O) groups excluding carboxylic acids is 2. The number of amides is 1. The normalized spacial score (nSPS) is 11.5. The molecule has 0 aliphatic carbocycles. The van der Waals surface area contributed by atoms with Crippen molar-refractivity contribution in [3.05, 3.63) is 71.3 Å². The smallest absolute Gasteiger partial charge is 0.328 e. The molecule has 0 saturated heterocycles. The lowest BCUT2D eigenvalue weighted by molar-refractivity contribution is -0.142. The summed E-state index contributed by atoms with van der Waals surface area (Å²) in [5, 5.41) is 2.73. The SMILES string of the molecule is COC(=O)[C@H](Cc1ccc(C)cc1)NC(=O)c1ccccc1. The molecule has 2 aromatic rings. The first-order valence-electron chi connectivity index (χ1n) is 7.09. The van der Waals surface area contributed by atoms with E-state index in [9.17, 15) is 9.59 Å². The molecule has 0 aliphatic rings. The van der Waals surface area contributed by atoms with Crippen LogP contribution in [0, 0.1) is 6.92 Å². The second-order valence-electron chi connectivity index (χ2n) is 5.10. The average molecular weight is 297 g/mol. The van der Waals surface area contributed by atoms with E-state index in [-0.39, 0.29) is 5.91 Å². The van der Waals surface area contributed by atoms with Crippen LogP contribution in [-0.4, -0.2) is 25.0 Å². The number of ether oxygens (including phenoxy) is 1. The highest BCUT2D eigenvalue weighted by Gasteiger charge is 2.22. The minimum atomic E-state index is -0.708. The van der Waals surface area contributed by atoms with Gasteiger partial charge in [-0.1, -0.05) is 48.0 Å². The molecular weight excluding hydrogens is 278 g/mol. The number of nitrogens with one attached hydrogen (secondary N) is 1. The van der Waals surface area contributed by atoms with Crippen molar-refractivity contribution in [1.29, 1.82) is 0 Å².